The number of aromatic nitrogens is 1. The van der Waals surface area contributed by atoms with Gasteiger partial charge in [0.2, 0.25) is 0 Å². The van der Waals surface area contributed by atoms with Gasteiger partial charge in [0.25, 0.3) is 0 Å². The molecule has 0 saturated carbocycles. The summed E-state index contributed by atoms with van der Waals surface area (Å²) in [6.07, 6.45) is 2.07. The van der Waals surface area contributed by atoms with Crippen LogP contribution in [0.25, 0.3) is 0 Å². The second-order valence-electron chi connectivity index (χ2n) is 6.56. The molecule has 0 amide bonds. The molecule has 2 N–H and O–H groups in total. The number of likely N-dealkylation sites (tertiary alicyclic amines) is 1. The Morgan fingerprint density at radius 3 is 2.71 bits per heavy atom. The highest BCUT2D eigenvalue weighted by molar-refractivity contribution is 6.33. The summed E-state index contributed by atoms with van der Waals surface area (Å²) in [6.45, 7) is 1.91. The number of fused-ring (bicyclic) bond motifs is 1. The van der Waals surface area contributed by atoms with Crippen molar-refractivity contribution in [3.05, 3.63) is 22.8 Å². The first-order valence-electron chi connectivity index (χ1n) is 7.93. The number of carboxylic acid groups (broad SMARTS) is 2. The van der Waals surface area contributed by atoms with Crippen LogP contribution >= 0.6 is 11.6 Å². The molecule has 0 aliphatic carbocycles. The Morgan fingerprint density at radius 2 is 2.04 bits per heavy atom. The Bertz CT molecular complexity index is 683. The lowest BCUT2D eigenvalue weighted by Gasteiger charge is -2.52. The fourth-order valence-electron chi connectivity index (χ4n) is 3.95. The molecule has 7 nitrogen and oxygen atoms in total. The van der Waals surface area contributed by atoms with Gasteiger partial charge in [0, 0.05) is 19.1 Å². The fraction of sp³-hybridized carbons (Fsp3) is 0.562. The fourth-order valence-corrected chi connectivity index (χ4v) is 4.14. The normalized spacial score (nSPS) is 27.6. The number of carbonyl (C=O) groups is 2. The van der Waals surface area contributed by atoms with Crippen LogP contribution in [0.1, 0.15) is 29.8 Å². The number of hydrogen-bond acceptors (Lipinski definition) is 5. The van der Waals surface area contributed by atoms with Crippen molar-refractivity contribution in [2.75, 3.05) is 31.6 Å². The van der Waals surface area contributed by atoms with Crippen LogP contribution in [-0.4, -0.2) is 64.8 Å². The minimum Gasteiger partial charge on any atom is -0.481 e. The monoisotopic (exact) mass is 353 g/mol. The molecular formula is C16H20ClN3O4. The zero-order valence-corrected chi connectivity index (χ0v) is 14.2. The second-order valence-corrected chi connectivity index (χ2v) is 6.97. The smallest absolute Gasteiger partial charge is 0.356 e. The lowest BCUT2D eigenvalue weighted by molar-refractivity contribution is -0.158. The molecule has 0 bridgehead atoms. The maximum atomic E-state index is 11.9. The molecule has 1 aromatic heterocycles. The molecule has 2 aliphatic heterocycles. The van der Waals surface area contributed by atoms with E-state index in [1.54, 1.807) is 6.07 Å². The number of hydrogen-bond donors (Lipinski definition) is 2. The van der Waals surface area contributed by atoms with Crippen molar-refractivity contribution in [2.45, 2.75) is 25.3 Å². The first-order chi connectivity index (χ1) is 11.3. The van der Waals surface area contributed by atoms with Crippen LogP contribution in [0.3, 0.4) is 0 Å². The van der Waals surface area contributed by atoms with Gasteiger partial charge in [0.15, 0.2) is 5.69 Å². The van der Waals surface area contributed by atoms with Gasteiger partial charge in [-0.3, -0.25) is 4.79 Å². The summed E-state index contributed by atoms with van der Waals surface area (Å²) >= 11 is 5.88. The number of carboxylic acids is 2. The quantitative estimate of drug-likeness (QED) is 0.855. The standard InChI is InChI=1S/C16H20ClN3O4/c1-19-7-2-5-16(15(23)24)6-8-20(9-11(16)19)12-4-3-10(17)13(18-12)14(21)22/h3-4,11H,2,5-9H2,1H3,(H,21,22)(H,23,24)/t11-,16+/m1/s1. The highest BCUT2D eigenvalue weighted by atomic mass is 35.5. The summed E-state index contributed by atoms with van der Waals surface area (Å²) in [4.78, 5) is 31.4. The van der Waals surface area contributed by atoms with E-state index in [9.17, 15) is 19.8 Å². The number of piperidine rings is 2. The number of aliphatic carboxylic acids is 1. The van der Waals surface area contributed by atoms with Gasteiger partial charge in [-0.2, -0.15) is 0 Å². The number of likely N-dealkylation sites (N-methyl/N-ethyl adjacent to an activating group) is 1. The lowest BCUT2D eigenvalue weighted by Crippen LogP contribution is -2.63. The minimum absolute atomic E-state index is 0.0953. The van der Waals surface area contributed by atoms with E-state index < -0.39 is 17.4 Å². The van der Waals surface area contributed by atoms with Gasteiger partial charge >= 0.3 is 11.9 Å². The van der Waals surface area contributed by atoms with Crippen molar-refractivity contribution in [2.24, 2.45) is 5.41 Å². The Morgan fingerprint density at radius 1 is 1.29 bits per heavy atom. The first-order valence-corrected chi connectivity index (χ1v) is 8.31. The van der Waals surface area contributed by atoms with E-state index in [2.05, 4.69) is 9.88 Å². The van der Waals surface area contributed by atoms with E-state index in [0.29, 0.717) is 31.7 Å². The number of pyridine rings is 1. The molecule has 2 atom stereocenters. The van der Waals surface area contributed by atoms with E-state index in [4.69, 9.17) is 11.6 Å². The summed E-state index contributed by atoms with van der Waals surface area (Å²) < 4.78 is 0. The molecule has 2 fully saturated rings. The van der Waals surface area contributed by atoms with Crippen molar-refractivity contribution >= 4 is 29.4 Å². The molecule has 0 spiro atoms. The third-order valence-electron chi connectivity index (χ3n) is 5.31. The predicted octanol–water partition coefficient (Wildman–Crippen LogP) is 1.81. The predicted molar refractivity (Wildman–Crippen MR) is 88.8 cm³/mol. The van der Waals surface area contributed by atoms with Gasteiger partial charge in [-0.05, 0) is 45.0 Å². The molecule has 1 aromatic rings. The zero-order valence-electron chi connectivity index (χ0n) is 13.4. The Kier molecular flexibility index (Phi) is 4.40. The number of rotatable bonds is 3. The van der Waals surface area contributed by atoms with E-state index in [0.717, 1.165) is 13.0 Å². The number of halogens is 1. The average molecular weight is 354 g/mol. The Hall–Kier alpha value is -1.86. The van der Waals surface area contributed by atoms with E-state index in [-0.39, 0.29) is 16.8 Å². The molecule has 2 saturated heterocycles. The van der Waals surface area contributed by atoms with Crippen LogP contribution in [0.5, 0.6) is 0 Å². The van der Waals surface area contributed by atoms with Crippen LogP contribution in [-0.2, 0) is 4.79 Å². The summed E-state index contributed by atoms with van der Waals surface area (Å²) in [5, 5.41) is 19.1. The van der Waals surface area contributed by atoms with Crippen molar-refractivity contribution in [3.8, 4) is 0 Å². The van der Waals surface area contributed by atoms with Crippen molar-refractivity contribution in [1.82, 2.24) is 9.88 Å². The third-order valence-corrected chi connectivity index (χ3v) is 5.61. The minimum atomic E-state index is -1.17. The molecule has 3 heterocycles. The highest BCUT2D eigenvalue weighted by Crippen LogP contribution is 2.43. The molecule has 0 aromatic carbocycles. The molecule has 130 valence electrons. The van der Waals surface area contributed by atoms with E-state index >= 15 is 0 Å². The summed E-state index contributed by atoms with van der Waals surface area (Å²) in [7, 11) is 1.95. The SMILES string of the molecule is CN1CCC[C@]2(C(=O)O)CCN(c3ccc(Cl)c(C(=O)O)n3)C[C@@H]12. The summed E-state index contributed by atoms with van der Waals surface area (Å²) in [5.41, 5.74) is -0.910. The molecule has 24 heavy (non-hydrogen) atoms. The number of anilines is 1. The number of nitrogens with zero attached hydrogens (tertiary/aromatic N) is 3. The topological polar surface area (TPSA) is 94.0 Å². The van der Waals surface area contributed by atoms with Crippen LogP contribution in [0.4, 0.5) is 5.82 Å². The maximum Gasteiger partial charge on any atom is 0.356 e. The maximum absolute atomic E-state index is 11.9. The van der Waals surface area contributed by atoms with Gasteiger partial charge in [-0.25, -0.2) is 9.78 Å². The van der Waals surface area contributed by atoms with Crippen LogP contribution in [0.15, 0.2) is 12.1 Å². The second kappa shape index (κ2) is 6.22. The largest absolute Gasteiger partial charge is 0.481 e. The highest BCUT2D eigenvalue weighted by Gasteiger charge is 2.52. The van der Waals surface area contributed by atoms with E-state index in [1.165, 1.54) is 6.07 Å². The van der Waals surface area contributed by atoms with Crippen LogP contribution < -0.4 is 4.90 Å². The van der Waals surface area contributed by atoms with E-state index in [1.807, 2.05) is 11.9 Å². The van der Waals surface area contributed by atoms with Gasteiger partial charge in [-0.1, -0.05) is 11.6 Å². The summed E-state index contributed by atoms with van der Waals surface area (Å²) in [5.74, 6) is -1.39. The molecule has 8 heteroatoms. The van der Waals surface area contributed by atoms with Crippen molar-refractivity contribution in [3.63, 3.8) is 0 Å². The zero-order chi connectivity index (χ0) is 17.5. The molecule has 0 unspecified atom stereocenters. The number of aromatic carboxylic acids is 1. The molecule has 2 aliphatic rings. The Balaban J connectivity index is 1.90. The van der Waals surface area contributed by atoms with Gasteiger partial charge in [0.1, 0.15) is 5.82 Å². The van der Waals surface area contributed by atoms with Gasteiger partial charge < -0.3 is 20.0 Å². The summed E-state index contributed by atoms with van der Waals surface area (Å²) in [6, 6.07) is 3.09. The van der Waals surface area contributed by atoms with Crippen LogP contribution in [0.2, 0.25) is 5.02 Å². The van der Waals surface area contributed by atoms with Gasteiger partial charge in [-0.15, -0.1) is 0 Å². The molecule has 0 radical (unpaired) electrons. The Labute approximate surface area is 144 Å². The molecular weight excluding hydrogens is 334 g/mol. The first kappa shape index (κ1) is 17.0. The van der Waals surface area contributed by atoms with Gasteiger partial charge in [0.05, 0.1) is 10.4 Å². The third kappa shape index (κ3) is 2.71. The van der Waals surface area contributed by atoms with Crippen LogP contribution in [0, 0.1) is 5.41 Å². The average Bonchev–Trinajstić information content (AvgIpc) is 2.55. The van der Waals surface area contributed by atoms with Crippen molar-refractivity contribution in [1.29, 1.82) is 0 Å². The van der Waals surface area contributed by atoms with Crippen molar-refractivity contribution < 1.29 is 19.8 Å². The molecule has 3 rings (SSSR count). The lowest BCUT2D eigenvalue weighted by atomic mass is 9.68.